The number of sulfone groups is 1. The van der Waals surface area contributed by atoms with Crippen LogP contribution in [0, 0.1) is 0 Å². The van der Waals surface area contributed by atoms with Crippen LogP contribution in [-0.2, 0) is 9.84 Å². The molecule has 2 N–H and O–H groups in total. The van der Waals surface area contributed by atoms with E-state index in [4.69, 9.17) is 5.73 Å². The Morgan fingerprint density at radius 1 is 1.29 bits per heavy atom. The van der Waals surface area contributed by atoms with E-state index in [1.54, 1.807) is 20.8 Å². The number of hydrogen-bond donors (Lipinski definition) is 1. The van der Waals surface area contributed by atoms with Gasteiger partial charge in [0.25, 0.3) is 0 Å². The molecule has 0 aliphatic heterocycles. The Morgan fingerprint density at radius 2 is 1.79 bits per heavy atom. The molecule has 0 spiro atoms. The van der Waals surface area contributed by atoms with Crippen LogP contribution in [0.2, 0.25) is 0 Å². The van der Waals surface area contributed by atoms with Gasteiger partial charge in [-0.3, -0.25) is 0 Å². The lowest BCUT2D eigenvalue weighted by molar-refractivity contribution is 0.241. The van der Waals surface area contributed by atoms with Crippen LogP contribution in [0.3, 0.4) is 0 Å². The highest BCUT2D eigenvalue weighted by Crippen LogP contribution is 2.33. The van der Waals surface area contributed by atoms with Gasteiger partial charge in [-0.05, 0) is 46.5 Å². The normalized spacial score (nSPS) is 21.7. The van der Waals surface area contributed by atoms with Gasteiger partial charge in [0.1, 0.15) is 0 Å². The van der Waals surface area contributed by atoms with Gasteiger partial charge in [-0.2, -0.15) is 0 Å². The molecule has 84 valence electrons. The number of rotatable bonds is 3. The lowest BCUT2D eigenvalue weighted by Gasteiger charge is -2.38. The van der Waals surface area contributed by atoms with Crippen LogP contribution < -0.4 is 5.73 Å². The minimum absolute atomic E-state index is 0.182. The molecule has 0 bridgehead atoms. The molecule has 14 heavy (non-hydrogen) atoms. The van der Waals surface area contributed by atoms with Gasteiger partial charge in [0.15, 0.2) is 9.84 Å². The first-order valence-corrected chi connectivity index (χ1v) is 6.83. The second-order valence-corrected chi connectivity index (χ2v) is 8.26. The topological polar surface area (TPSA) is 60.2 Å². The molecule has 3 nitrogen and oxygen atoms in total. The van der Waals surface area contributed by atoms with Crippen molar-refractivity contribution in [1.29, 1.82) is 0 Å². The quantitative estimate of drug-likeness (QED) is 0.782. The van der Waals surface area contributed by atoms with Gasteiger partial charge >= 0.3 is 0 Å². The highest BCUT2D eigenvalue weighted by molar-refractivity contribution is 7.92. The van der Waals surface area contributed by atoms with E-state index in [0.717, 1.165) is 19.3 Å². The van der Waals surface area contributed by atoms with Gasteiger partial charge in [0.2, 0.25) is 0 Å². The molecule has 4 heteroatoms. The molecule has 0 amide bonds. The summed E-state index contributed by atoms with van der Waals surface area (Å²) in [6.07, 6.45) is 3.72. The van der Waals surface area contributed by atoms with Gasteiger partial charge in [-0.1, -0.05) is 0 Å². The van der Waals surface area contributed by atoms with E-state index in [1.807, 2.05) is 0 Å². The average Bonchev–Trinajstić information content (AvgIpc) is 1.95. The van der Waals surface area contributed by atoms with Crippen LogP contribution in [0.25, 0.3) is 0 Å². The molecule has 0 unspecified atom stereocenters. The van der Waals surface area contributed by atoms with E-state index in [1.165, 1.54) is 0 Å². The van der Waals surface area contributed by atoms with Gasteiger partial charge in [-0.25, -0.2) is 8.42 Å². The summed E-state index contributed by atoms with van der Waals surface area (Å²) < 4.78 is 22.9. The highest BCUT2D eigenvalue weighted by Gasteiger charge is 2.36. The monoisotopic (exact) mass is 219 g/mol. The molecule has 0 radical (unpaired) electrons. The molecule has 1 aliphatic rings. The Kier molecular flexibility index (Phi) is 2.99. The summed E-state index contributed by atoms with van der Waals surface area (Å²) in [5, 5.41) is 0. The number of hydrogen-bond acceptors (Lipinski definition) is 3. The molecule has 1 rings (SSSR count). The molecular weight excluding hydrogens is 198 g/mol. The second kappa shape index (κ2) is 3.49. The fourth-order valence-corrected chi connectivity index (χ4v) is 2.81. The summed E-state index contributed by atoms with van der Waals surface area (Å²) >= 11 is 0. The summed E-state index contributed by atoms with van der Waals surface area (Å²) in [7, 11) is -2.99. The van der Waals surface area contributed by atoms with E-state index >= 15 is 0 Å². The molecular formula is C10H21NO2S. The second-order valence-electron chi connectivity index (χ2n) is 5.40. The first-order chi connectivity index (χ1) is 6.16. The van der Waals surface area contributed by atoms with Crippen molar-refractivity contribution in [3.05, 3.63) is 0 Å². The molecule has 0 aromatic heterocycles. The molecule has 1 fully saturated rings. The van der Waals surface area contributed by atoms with Gasteiger partial charge in [0.05, 0.1) is 10.5 Å². The molecule has 0 heterocycles. The summed E-state index contributed by atoms with van der Waals surface area (Å²) in [6.45, 7) is 5.23. The fourth-order valence-electron chi connectivity index (χ4n) is 1.52. The summed E-state index contributed by atoms with van der Waals surface area (Å²) in [4.78, 5) is 0. The zero-order chi connectivity index (χ0) is 11.0. The molecule has 1 saturated carbocycles. The van der Waals surface area contributed by atoms with E-state index in [0.29, 0.717) is 6.42 Å². The summed E-state index contributed by atoms with van der Waals surface area (Å²) in [5.41, 5.74) is 5.81. The Labute approximate surface area is 87.0 Å². The van der Waals surface area contributed by atoms with Gasteiger partial charge in [-0.15, -0.1) is 0 Å². The molecule has 0 saturated heterocycles. The third-order valence-corrected chi connectivity index (χ3v) is 5.76. The van der Waals surface area contributed by atoms with Crippen molar-refractivity contribution in [2.45, 2.75) is 56.7 Å². The fraction of sp³-hybridized carbons (Fsp3) is 1.00. The van der Waals surface area contributed by atoms with E-state index in [9.17, 15) is 8.42 Å². The minimum Gasteiger partial charge on any atom is -0.325 e. The zero-order valence-electron chi connectivity index (χ0n) is 9.34. The Morgan fingerprint density at radius 3 is 2.07 bits per heavy atom. The largest absolute Gasteiger partial charge is 0.325 e. The third-order valence-electron chi connectivity index (χ3n) is 3.15. The van der Waals surface area contributed by atoms with Crippen LogP contribution in [-0.4, -0.2) is 24.5 Å². The van der Waals surface area contributed by atoms with Crippen molar-refractivity contribution in [3.63, 3.8) is 0 Å². The standard InChI is InChI=1S/C10H21NO2S/c1-9(2,3)14(12,13)8-7-10(11)5-4-6-10/h4-8,11H2,1-3H3. The maximum Gasteiger partial charge on any atom is 0.155 e. The minimum atomic E-state index is -2.99. The predicted octanol–water partition coefficient (Wildman–Crippen LogP) is 1.47. The Bertz CT molecular complexity index is 297. The lowest BCUT2D eigenvalue weighted by atomic mass is 9.76. The van der Waals surface area contributed by atoms with Crippen LogP contribution in [0.1, 0.15) is 46.5 Å². The van der Waals surface area contributed by atoms with Crippen LogP contribution in [0.15, 0.2) is 0 Å². The maximum atomic E-state index is 11.8. The molecule has 1 aliphatic carbocycles. The lowest BCUT2D eigenvalue weighted by Crippen LogP contribution is -2.48. The highest BCUT2D eigenvalue weighted by atomic mass is 32.2. The van der Waals surface area contributed by atoms with Crippen LogP contribution in [0.4, 0.5) is 0 Å². The Balaban J connectivity index is 2.53. The summed E-state index contributed by atoms with van der Waals surface area (Å²) in [6, 6.07) is 0. The van der Waals surface area contributed by atoms with Crippen molar-refractivity contribution in [3.8, 4) is 0 Å². The van der Waals surface area contributed by atoms with Crippen molar-refractivity contribution in [2.75, 3.05) is 5.75 Å². The van der Waals surface area contributed by atoms with Crippen molar-refractivity contribution in [1.82, 2.24) is 0 Å². The smallest absolute Gasteiger partial charge is 0.155 e. The SMILES string of the molecule is CC(C)(C)S(=O)(=O)CCC1(N)CCC1. The van der Waals surface area contributed by atoms with Crippen LogP contribution in [0.5, 0.6) is 0 Å². The maximum absolute atomic E-state index is 11.8. The van der Waals surface area contributed by atoms with E-state index in [2.05, 4.69) is 0 Å². The first-order valence-electron chi connectivity index (χ1n) is 5.18. The molecule has 0 aromatic rings. The Hall–Kier alpha value is -0.0900. The first kappa shape index (κ1) is 12.0. The predicted molar refractivity (Wildman–Crippen MR) is 58.9 cm³/mol. The number of nitrogens with two attached hydrogens (primary N) is 1. The molecule has 0 aromatic carbocycles. The third kappa shape index (κ3) is 2.48. The van der Waals surface area contributed by atoms with E-state index < -0.39 is 14.6 Å². The zero-order valence-corrected chi connectivity index (χ0v) is 10.2. The molecule has 0 atom stereocenters. The van der Waals surface area contributed by atoms with Crippen molar-refractivity contribution >= 4 is 9.84 Å². The summed E-state index contributed by atoms with van der Waals surface area (Å²) in [5.74, 6) is 0.229. The van der Waals surface area contributed by atoms with Crippen LogP contribution >= 0.6 is 0 Å². The van der Waals surface area contributed by atoms with Crippen molar-refractivity contribution < 1.29 is 8.42 Å². The van der Waals surface area contributed by atoms with Gasteiger partial charge < -0.3 is 5.73 Å². The van der Waals surface area contributed by atoms with E-state index in [-0.39, 0.29) is 11.3 Å². The average molecular weight is 219 g/mol. The van der Waals surface area contributed by atoms with Gasteiger partial charge in [0, 0.05) is 5.54 Å². The van der Waals surface area contributed by atoms with Crippen molar-refractivity contribution in [2.24, 2.45) is 5.73 Å².